The molecular weight excluding hydrogens is 387 g/mol. The van der Waals surface area contributed by atoms with E-state index in [-0.39, 0.29) is 11.1 Å². The first kappa shape index (κ1) is 18.9. The molecule has 1 aromatic rings. The largest absolute Gasteiger partial charge is 0.378 e. The second-order valence-electron chi connectivity index (χ2n) is 6.56. The smallest absolute Gasteiger partial charge is 0.182 e. The highest BCUT2D eigenvalue weighted by molar-refractivity contribution is 6.48. The predicted octanol–water partition coefficient (Wildman–Crippen LogP) is 2.43. The Morgan fingerprint density at radius 3 is 1.81 bits per heavy atom. The third-order valence-electron chi connectivity index (χ3n) is 5.18. The Morgan fingerprint density at radius 2 is 1.41 bits per heavy atom. The van der Waals surface area contributed by atoms with Crippen LogP contribution in [0.15, 0.2) is 29.8 Å². The Labute approximate surface area is 165 Å². The number of benzene rings is 1. The first-order valence-electron chi connectivity index (χ1n) is 7.87. The highest BCUT2D eigenvalue weighted by Crippen LogP contribution is 2.68. The zero-order valence-electron chi connectivity index (χ0n) is 14.3. The van der Waals surface area contributed by atoms with Gasteiger partial charge < -0.3 is 4.90 Å². The van der Waals surface area contributed by atoms with Crippen LogP contribution in [0.25, 0.3) is 5.57 Å². The number of anilines is 1. The van der Waals surface area contributed by atoms with Gasteiger partial charge in [-0.3, -0.25) is 9.59 Å². The molecule has 3 rings (SSSR count). The summed E-state index contributed by atoms with van der Waals surface area (Å²) in [5.41, 5.74) is -3.30. The van der Waals surface area contributed by atoms with E-state index < -0.39 is 33.2 Å². The van der Waals surface area contributed by atoms with Crippen LogP contribution in [-0.4, -0.2) is 36.4 Å². The number of nitriles is 3. The fourth-order valence-corrected chi connectivity index (χ4v) is 4.36. The molecule has 0 heterocycles. The third-order valence-corrected chi connectivity index (χ3v) is 6.21. The first-order chi connectivity index (χ1) is 12.7. The third kappa shape index (κ3) is 1.99. The molecule has 0 N–H and O–H groups in total. The molecule has 4 atom stereocenters. The fraction of sp³-hybridized carbons (Fsp3) is 0.316. The molecular formula is C19H12Cl2N4O2. The molecule has 0 amide bonds. The van der Waals surface area contributed by atoms with Gasteiger partial charge in [-0.2, -0.15) is 15.8 Å². The van der Waals surface area contributed by atoms with Crippen molar-refractivity contribution in [3.05, 3.63) is 35.4 Å². The van der Waals surface area contributed by atoms with Crippen molar-refractivity contribution in [3.63, 3.8) is 0 Å². The summed E-state index contributed by atoms with van der Waals surface area (Å²) in [6.07, 6.45) is 0. The van der Waals surface area contributed by atoms with Gasteiger partial charge >= 0.3 is 0 Å². The van der Waals surface area contributed by atoms with Gasteiger partial charge in [-0.1, -0.05) is 12.1 Å². The summed E-state index contributed by atoms with van der Waals surface area (Å²) in [5.74, 6) is -1.73. The van der Waals surface area contributed by atoms with Crippen LogP contribution in [0.2, 0.25) is 0 Å². The molecule has 0 aliphatic heterocycles. The van der Waals surface area contributed by atoms with Crippen molar-refractivity contribution in [2.75, 3.05) is 19.0 Å². The molecule has 0 spiro atoms. The van der Waals surface area contributed by atoms with E-state index in [2.05, 4.69) is 0 Å². The minimum absolute atomic E-state index is 0.0481. The van der Waals surface area contributed by atoms with Crippen LogP contribution in [0.3, 0.4) is 0 Å². The monoisotopic (exact) mass is 398 g/mol. The van der Waals surface area contributed by atoms with Crippen LogP contribution in [0, 0.1) is 44.8 Å². The molecule has 1 saturated carbocycles. The quantitative estimate of drug-likeness (QED) is 0.707. The normalized spacial score (nSPS) is 31.9. The van der Waals surface area contributed by atoms with Crippen LogP contribution in [0.1, 0.15) is 5.56 Å². The maximum absolute atomic E-state index is 13.0. The topological polar surface area (TPSA) is 109 Å². The Balaban J connectivity index is 2.35. The minimum Gasteiger partial charge on any atom is -0.378 e. The molecule has 2 unspecified atom stereocenters. The summed E-state index contributed by atoms with van der Waals surface area (Å²) < 4.78 is 0. The number of carbonyl (C=O) groups is 2. The molecule has 8 heteroatoms. The number of hydrogen-bond donors (Lipinski definition) is 0. The van der Waals surface area contributed by atoms with Crippen LogP contribution in [-0.2, 0) is 9.59 Å². The van der Waals surface area contributed by atoms with Gasteiger partial charge in [0.2, 0.25) is 0 Å². The zero-order valence-corrected chi connectivity index (χ0v) is 15.8. The maximum atomic E-state index is 13.0. The van der Waals surface area contributed by atoms with Gasteiger partial charge in [0.05, 0.1) is 23.8 Å². The van der Waals surface area contributed by atoms with E-state index in [4.69, 9.17) is 23.2 Å². The van der Waals surface area contributed by atoms with E-state index >= 15 is 0 Å². The van der Waals surface area contributed by atoms with E-state index in [9.17, 15) is 25.4 Å². The SMILES string of the molecule is CN(C)c1ccc(C2=C(C#N)[C@@]3(C#N)C(=O)C(Cl)C(Cl)C(=O)[C@@]23C#N)cc1. The highest BCUT2D eigenvalue weighted by atomic mass is 35.5. The molecule has 134 valence electrons. The summed E-state index contributed by atoms with van der Waals surface area (Å²) in [6.45, 7) is 0. The number of ketones is 2. The lowest BCUT2D eigenvalue weighted by Crippen LogP contribution is -2.68. The Kier molecular flexibility index (Phi) is 4.28. The lowest BCUT2D eigenvalue weighted by atomic mass is 9.40. The molecule has 1 aromatic carbocycles. The van der Waals surface area contributed by atoms with E-state index in [0.717, 1.165) is 5.69 Å². The number of rotatable bonds is 2. The van der Waals surface area contributed by atoms with Crippen molar-refractivity contribution in [3.8, 4) is 18.2 Å². The Hall–Kier alpha value is -2.85. The number of alkyl halides is 2. The molecule has 27 heavy (non-hydrogen) atoms. The maximum Gasteiger partial charge on any atom is 0.182 e. The number of allylic oxidation sites excluding steroid dienone is 2. The highest BCUT2D eigenvalue weighted by Gasteiger charge is 2.79. The number of carbonyl (C=O) groups excluding carboxylic acids is 2. The van der Waals surface area contributed by atoms with Gasteiger partial charge in [-0.15, -0.1) is 23.2 Å². The molecule has 2 aliphatic carbocycles. The molecule has 0 aromatic heterocycles. The van der Waals surface area contributed by atoms with Crippen molar-refractivity contribution < 1.29 is 9.59 Å². The second kappa shape index (κ2) is 6.10. The lowest BCUT2D eigenvalue weighted by Gasteiger charge is -2.53. The van der Waals surface area contributed by atoms with Crippen molar-refractivity contribution in [1.82, 2.24) is 0 Å². The van der Waals surface area contributed by atoms with Gasteiger partial charge in [0.25, 0.3) is 0 Å². The van der Waals surface area contributed by atoms with Gasteiger partial charge in [0.15, 0.2) is 22.4 Å². The van der Waals surface area contributed by atoms with E-state index in [0.29, 0.717) is 5.56 Å². The van der Waals surface area contributed by atoms with Gasteiger partial charge in [-0.05, 0) is 17.7 Å². The number of hydrogen-bond acceptors (Lipinski definition) is 6. The average molecular weight is 399 g/mol. The van der Waals surface area contributed by atoms with Crippen molar-refractivity contribution in [2.24, 2.45) is 10.8 Å². The summed E-state index contributed by atoms with van der Waals surface area (Å²) in [6, 6.07) is 12.2. The average Bonchev–Trinajstić information content (AvgIpc) is 2.66. The van der Waals surface area contributed by atoms with E-state index in [1.54, 1.807) is 30.3 Å². The minimum atomic E-state index is -2.24. The van der Waals surface area contributed by atoms with Gasteiger partial charge in [0, 0.05) is 25.4 Å². The van der Waals surface area contributed by atoms with Crippen LogP contribution < -0.4 is 4.90 Å². The summed E-state index contributed by atoms with van der Waals surface area (Å²) in [7, 11) is 3.69. The Morgan fingerprint density at radius 1 is 0.926 bits per heavy atom. The van der Waals surface area contributed by atoms with Crippen LogP contribution in [0.5, 0.6) is 0 Å². The van der Waals surface area contributed by atoms with E-state index in [1.165, 1.54) is 0 Å². The van der Waals surface area contributed by atoms with Crippen molar-refractivity contribution in [1.29, 1.82) is 15.8 Å². The Bertz CT molecular complexity index is 1030. The number of nitrogens with zero attached hydrogens (tertiary/aromatic N) is 4. The zero-order chi connectivity index (χ0) is 20.1. The fourth-order valence-electron chi connectivity index (χ4n) is 3.80. The molecule has 0 saturated heterocycles. The predicted molar refractivity (Wildman–Crippen MR) is 98.7 cm³/mol. The van der Waals surface area contributed by atoms with Crippen LogP contribution in [0.4, 0.5) is 5.69 Å². The van der Waals surface area contributed by atoms with Gasteiger partial charge in [0.1, 0.15) is 10.8 Å². The number of Topliss-reactive ketones (excluding diaryl/α,β-unsaturated/α-hetero) is 2. The van der Waals surface area contributed by atoms with E-state index in [1.807, 2.05) is 31.1 Å². The van der Waals surface area contributed by atoms with Crippen molar-refractivity contribution in [2.45, 2.75) is 10.8 Å². The summed E-state index contributed by atoms with van der Waals surface area (Å²) in [4.78, 5) is 27.7. The second-order valence-corrected chi connectivity index (χ2v) is 7.50. The first-order valence-corrected chi connectivity index (χ1v) is 8.74. The summed E-state index contributed by atoms with van der Waals surface area (Å²) >= 11 is 12.0. The molecule has 0 bridgehead atoms. The molecule has 6 nitrogen and oxygen atoms in total. The van der Waals surface area contributed by atoms with Crippen molar-refractivity contribution >= 4 is 46.0 Å². The van der Waals surface area contributed by atoms with Gasteiger partial charge in [-0.25, -0.2) is 0 Å². The molecule has 2 aliphatic rings. The van der Waals surface area contributed by atoms with Crippen LogP contribution >= 0.6 is 23.2 Å². The molecule has 1 fully saturated rings. The molecule has 0 radical (unpaired) electrons. The number of halogens is 2. The summed E-state index contributed by atoms with van der Waals surface area (Å²) in [5, 5.41) is 26.4. The standard InChI is InChI=1S/C19H12Cl2N4O2/c1-25(2)11-5-3-10(4-6-11)13-12(7-22)18(8-23)16(26)14(20)15(21)17(27)19(13,18)9-24/h3-6,14-15H,1-2H3/t14?,15?,18-,19+/m0/s1. The number of fused-ring (bicyclic) bond motifs is 1. The lowest BCUT2D eigenvalue weighted by molar-refractivity contribution is -0.141.